The molecule has 7 heteroatoms. The molecule has 0 spiro atoms. The number of allylic oxidation sites excluding steroid dienone is 3. The molecule has 0 aliphatic heterocycles. The first-order valence-corrected chi connectivity index (χ1v) is 12.8. The summed E-state index contributed by atoms with van der Waals surface area (Å²) in [5.74, 6) is 6.09. The predicted octanol–water partition coefficient (Wildman–Crippen LogP) is 5.88. The fraction of sp³-hybridized carbons (Fsp3) is 0.290. The quantitative estimate of drug-likeness (QED) is 0.341. The largest absolute Gasteiger partial charge is 0.325 e. The Morgan fingerprint density at radius 3 is 2.63 bits per heavy atom. The van der Waals surface area contributed by atoms with Crippen LogP contribution >= 0.6 is 0 Å². The minimum atomic E-state index is -0.338. The number of hydrogen-bond donors (Lipinski definition) is 2. The van der Waals surface area contributed by atoms with Crippen LogP contribution in [0.2, 0.25) is 0 Å². The maximum Gasteiger partial charge on any atom is 0.231 e. The summed E-state index contributed by atoms with van der Waals surface area (Å²) in [5.41, 5.74) is 7.29. The molecular formula is C31H32N6O. The lowest BCUT2D eigenvalue weighted by atomic mass is 9.80. The molecule has 0 saturated heterocycles. The molecule has 1 amide bonds. The Labute approximate surface area is 223 Å². The molecule has 1 aliphatic rings. The Morgan fingerprint density at radius 2 is 1.89 bits per heavy atom. The van der Waals surface area contributed by atoms with Gasteiger partial charge in [-0.15, -0.1) is 0 Å². The lowest BCUT2D eigenvalue weighted by molar-refractivity contribution is -0.119. The van der Waals surface area contributed by atoms with E-state index in [4.69, 9.17) is 0 Å². The molecule has 5 rings (SSSR count). The van der Waals surface area contributed by atoms with E-state index in [2.05, 4.69) is 77.2 Å². The fourth-order valence-corrected chi connectivity index (χ4v) is 4.67. The zero-order valence-electron chi connectivity index (χ0n) is 22.6. The molecule has 0 fully saturated rings. The number of aromatic amines is 1. The van der Waals surface area contributed by atoms with Crippen molar-refractivity contribution < 1.29 is 4.79 Å². The summed E-state index contributed by atoms with van der Waals surface area (Å²) in [5, 5.41) is 11.0. The van der Waals surface area contributed by atoms with Crippen LogP contribution in [0.25, 0.3) is 16.7 Å². The second-order valence-electron chi connectivity index (χ2n) is 11.0. The van der Waals surface area contributed by atoms with Crippen LogP contribution in [0, 0.1) is 30.6 Å². The average molecular weight is 505 g/mol. The number of aryl methyl sites for hydroxylation is 1. The molecule has 2 unspecified atom stereocenters. The highest BCUT2D eigenvalue weighted by molar-refractivity contribution is 5.95. The SMILES string of the molecule is CC1=C(C#Cc2cnc3[nH]ncc3c2)C(C)C(C(=O)Nc2cc(-n3cnc(C)c3)cc(C(C)(C)C)c2)C=C1. The molecule has 2 N–H and O–H groups in total. The van der Waals surface area contributed by atoms with Gasteiger partial charge in [0.05, 0.1) is 24.1 Å². The van der Waals surface area contributed by atoms with Gasteiger partial charge >= 0.3 is 0 Å². The van der Waals surface area contributed by atoms with Crippen molar-refractivity contribution in [2.75, 3.05) is 5.32 Å². The number of benzene rings is 1. The third-order valence-corrected chi connectivity index (χ3v) is 6.97. The Hall–Kier alpha value is -4.44. The second-order valence-corrected chi connectivity index (χ2v) is 11.0. The van der Waals surface area contributed by atoms with Gasteiger partial charge in [0.1, 0.15) is 0 Å². The van der Waals surface area contributed by atoms with Gasteiger partial charge in [-0.2, -0.15) is 5.10 Å². The van der Waals surface area contributed by atoms with Crippen LogP contribution in [-0.4, -0.2) is 30.6 Å². The molecule has 1 aromatic carbocycles. The number of carbonyl (C=O) groups is 1. The molecule has 4 aromatic rings. The van der Waals surface area contributed by atoms with Crippen molar-refractivity contribution in [3.8, 4) is 17.5 Å². The van der Waals surface area contributed by atoms with Gasteiger partial charge in [-0.05, 0) is 54.7 Å². The smallest absolute Gasteiger partial charge is 0.231 e. The molecule has 7 nitrogen and oxygen atoms in total. The summed E-state index contributed by atoms with van der Waals surface area (Å²) < 4.78 is 1.99. The van der Waals surface area contributed by atoms with Crippen molar-refractivity contribution in [2.45, 2.75) is 47.0 Å². The van der Waals surface area contributed by atoms with Gasteiger partial charge in [-0.25, -0.2) is 9.97 Å². The van der Waals surface area contributed by atoms with E-state index in [-0.39, 0.29) is 23.2 Å². The zero-order chi connectivity index (χ0) is 27.0. The van der Waals surface area contributed by atoms with Gasteiger partial charge in [-0.3, -0.25) is 9.89 Å². The van der Waals surface area contributed by atoms with E-state index < -0.39 is 0 Å². The van der Waals surface area contributed by atoms with Crippen LogP contribution in [-0.2, 0) is 10.2 Å². The summed E-state index contributed by atoms with van der Waals surface area (Å²) in [7, 11) is 0. The van der Waals surface area contributed by atoms with Crippen molar-refractivity contribution in [2.24, 2.45) is 11.8 Å². The molecule has 192 valence electrons. The van der Waals surface area contributed by atoms with Crippen molar-refractivity contribution in [1.82, 2.24) is 24.7 Å². The van der Waals surface area contributed by atoms with Crippen LogP contribution in [0.3, 0.4) is 0 Å². The molecule has 3 heterocycles. The molecule has 1 aliphatic carbocycles. The van der Waals surface area contributed by atoms with Gasteiger partial charge in [0.15, 0.2) is 5.65 Å². The average Bonchev–Trinajstić information content (AvgIpc) is 3.51. The van der Waals surface area contributed by atoms with E-state index in [1.54, 1.807) is 18.7 Å². The van der Waals surface area contributed by atoms with E-state index in [1.165, 1.54) is 0 Å². The molecular weight excluding hydrogens is 472 g/mol. The molecule has 3 aromatic heterocycles. The van der Waals surface area contributed by atoms with Gasteiger partial charge in [0, 0.05) is 46.2 Å². The highest BCUT2D eigenvalue weighted by Gasteiger charge is 2.29. The third-order valence-electron chi connectivity index (χ3n) is 6.97. The summed E-state index contributed by atoms with van der Waals surface area (Å²) in [6, 6.07) is 8.16. The molecule has 2 atom stereocenters. The first-order chi connectivity index (χ1) is 18.1. The van der Waals surface area contributed by atoms with Crippen LogP contribution in [0.15, 0.2) is 72.5 Å². The first-order valence-electron chi connectivity index (χ1n) is 12.8. The number of H-pyrrole nitrogens is 1. The van der Waals surface area contributed by atoms with Crippen molar-refractivity contribution >= 4 is 22.6 Å². The molecule has 38 heavy (non-hydrogen) atoms. The monoisotopic (exact) mass is 504 g/mol. The second kappa shape index (κ2) is 9.79. The van der Waals surface area contributed by atoms with Crippen LogP contribution in [0.1, 0.15) is 51.4 Å². The number of hydrogen-bond acceptors (Lipinski definition) is 4. The molecule has 0 radical (unpaired) electrons. The lowest BCUT2D eigenvalue weighted by Gasteiger charge is -2.26. The zero-order valence-corrected chi connectivity index (χ0v) is 22.6. The maximum atomic E-state index is 13.6. The normalized spacial score (nSPS) is 17.4. The number of pyridine rings is 1. The van der Waals surface area contributed by atoms with E-state index >= 15 is 0 Å². The maximum absolute atomic E-state index is 13.6. The standard InChI is InChI=1S/C31H32N6O/c1-19-7-9-28(21(3)27(19)10-8-22-11-23-16-34-36-29(23)32-15-22)30(38)35-25-12-24(31(4,5)6)13-26(14-25)37-17-20(2)33-18-37/h7,9,11-18,21,28H,1-6H3,(H,35,38)(H,32,34,36). The fourth-order valence-electron chi connectivity index (χ4n) is 4.67. The highest BCUT2D eigenvalue weighted by Crippen LogP contribution is 2.32. The third kappa shape index (κ3) is 5.16. The van der Waals surface area contributed by atoms with Crippen molar-refractivity contribution in [3.63, 3.8) is 0 Å². The summed E-state index contributed by atoms with van der Waals surface area (Å²) in [6.07, 6.45) is 11.2. The van der Waals surface area contributed by atoms with Gasteiger partial charge in [0.2, 0.25) is 5.91 Å². The number of fused-ring (bicyclic) bond motifs is 1. The van der Waals surface area contributed by atoms with E-state index in [9.17, 15) is 4.79 Å². The van der Waals surface area contributed by atoms with Crippen molar-refractivity contribution in [3.05, 3.63) is 89.3 Å². The number of rotatable bonds is 3. The van der Waals surface area contributed by atoms with E-state index in [1.807, 2.05) is 48.9 Å². The Morgan fingerprint density at radius 1 is 1.08 bits per heavy atom. The number of nitrogens with one attached hydrogen (secondary N) is 2. The summed E-state index contributed by atoms with van der Waals surface area (Å²) in [6.45, 7) is 12.6. The minimum Gasteiger partial charge on any atom is -0.325 e. The highest BCUT2D eigenvalue weighted by atomic mass is 16.1. The Balaban J connectivity index is 1.39. The van der Waals surface area contributed by atoms with E-state index in [0.29, 0.717) is 0 Å². The van der Waals surface area contributed by atoms with E-state index in [0.717, 1.165) is 50.4 Å². The summed E-state index contributed by atoms with van der Waals surface area (Å²) >= 11 is 0. The molecule has 0 saturated carbocycles. The number of anilines is 1. The van der Waals surface area contributed by atoms with Crippen LogP contribution in [0.5, 0.6) is 0 Å². The van der Waals surface area contributed by atoms with Crippen LogP contribution in [0.4, 0.5) is 5.69 Å². The number of nitrogens with zero attached hydrogens (tertiary/aromatic N) is 4. The number of amides is 1. The van der Waals surface area contributed by atoms with Crippen molar-refractivity contribution in [1.29, 1.82) is 0 Å². The predicted molar refractivity (Wildman–Crippen MR) is 151 cm³/mol. The minimum absolute atomic E-state index is 0.0548. The Kier molecular flexibility index (Phi) is 6.50. The van der Waals surface area contributed by atoms with Gasteiger partial charge in [-0.1, -0.05) is 51.7 Å². The van der Waals surface area contributed by atoms with Crippen LogP contribution < -0.4 is 5.32 Å². The van der Waals surface area contributed by atoms with Gasteiger partial charge in [0.25, 0.3) is 0 Å². The molecule has 0 bridgehead atoms. The summed E-state index contributed by atoms with van der Waals surface area (Å²) in [4.78, 5) is 22.3. The number of imidazole rings is 1. The lowest BCUT2D eigenvalue weighted by Crippen LogP contribution is -2.29. The number of aromatic nitrogens is 5. The topological polar surface area (TPSA) is 88.5 Å². The number of carbonyl (C=O) groups excluding carboxylic acids is 1. The van der Waals surface area contributed by atoms with Gasteiger partial charge < -0.3 is 9.88 Å². The Bertz CT molecular complexity index is 1650. The first kappa shape index (κ1) is 25.2.